The van der Waals surface area contributed by atoms with Crippen LogP contribution in [0.5, 0.6) is 0 Å². The van der Waals surface area contributed by atoms with E-state index in [4.69, 9.17) is 11.6 Å². The highest BCUT2D eigenvalue weighted by atomic mass is 35.5. The average Bonchev–Trinajstić information content (AvgIpc) is 3.02. The van der Waals surface area contributed by atoms with Gasteiger partial charge >= 0.3 is 11.1 Å². The molecule has 0 saturated carbocycles. The van der Waals surface area contributed by atoms with Crippen molar-refractivity contribution < 1.29 is 0 Å². The highest BCUT2D eigenvalue weighted by Gasteiger charge is 2.11. The van der Waals surface area contributed by atoms with Crippen LogP contribution in [-0.4, -0.2) is 19.1 Å². The SMILES string of the molecule is CCCCn1c(=O)c(=O)[nH]c2cc(Cl)c(-n3ccnc3)cc21. The maximum atomic E-state index is 12.1. The largest absolute Gasteiger partial charge is 0.316 e. The number of aromatic nitrogens is 4. The summed E-state index contributed by atoms with van der Waals surface area (Å²) in [6, 6.07) is 3.46. The molecule has 0 saturated heterocycles. The Kier molecular flexibility index (Phi) is 3.85. The number of nitrogens with zero attached hydrogens (tertiary/aromatic N) is 3. The van der Waals surface area contributed by atoms with Crippen molar-refractivity contribution in [3.63, 3.8) is 0 Å². The van der Waals surface area contributed by atoms with Crippen LogP contribution < -0.4 is 11.1 Å². The molecule has 3 rings (SSSR count). The molecule has 0 aliphatic rings. The number of halogens is 1. The Morgan fingerprint density at radius 1 is 1.32 bits per heavy atom. The summed E-state index contributed by atoms with van der Waals surface area (Å²) in [5.41, 5.74) is 0.749. The number of hydrogen-bond donors (Lipinski definition) is 1. The molecular weight excluding hydrogens is 304 g/mol. The summed E-state index contributed by atoms with van der Waals surface area (Å²) >= 11 is 6.29. The molecule has 1 N–H and O–H groups in total. The second kappa shape index (κ2) is 5.81. The summed E-state index contributed by atoms with van der Waals surface area (Å²) < 4.78 is 3.27. The third-order valence-electron chi connectivity index (χ3n) is 3.56. The number of H-pyrrole nitrogens is 1. The molecule has 1 aromatic carbocycles. The number of imidazole rings is 1. The molecule has 22 heavy (non-hydrogen) atoms. The van der Waals surface area contributed by atoms with Crippen molar-refractivity contribution in [2.45, 2.75) is 26.3 Å². The second-order valence-corrected chi connectivity index (χ2v) is 5.46. The lowest BCUT2D eigenvalue weighted by atomic mass is 10.2. The third kappa shape index (κ3) is 2.46. The van der Waals surface area contributed by atoms with Crippen LogP contribution in [0.15, 0.2) is 40.4 Å². The number of aromatic amines is 1. The first-order valence-electron chi connectivity index (χ1n) is 7.06. The number of rotatable bonds is 4. The monoisotopic (exact) mass is 318 g/mol. The van der Waals surface area contributed by atoms with Crippen molar-refractivity contribution in [3.05, 3.63) is 56.6 Å². The fraction of sp³-hybridized carbons (Fsp3) is 0.267. The molecule has 2 aromatic heterocycles. The predicted molar refractivity (Wildman–Crippen MR) is 85.9 cm³/mol. The Morgan fingerprint density at radius 3 is 2.82 bits per heavy atom. The van der Waals surface area contributed by atoms with Crippen LogP contribution in [0.3, 0.4) is 0 Å². The van der Waals surface area contributed by atoms with Gasteiger partial charge in [0.1, 0.15) is 0 Å². The van der Waals surface area contributed by atoms with E-state index in [0.29, 0.717) is 28.3 Å². The molecule has 0 spiro atoms. The summed E-state index contributed by atoms with van der Waals surface area (Å²) in [7, 11) is 0. The zero-order valence-corrected chi connectivity index (χ0v) is 12.8. The van der Waals surface area contributed by atoms with Crippen molar-refractivity contribution >= 4 is 22.6 Å². The predicted octanol–water partition coefficient (Wildman–Crippen LogP) is 2.33. The maximum absolute atomic E-state index is 12.1. The van der Waals surface area contributed by atoms with E-state index in [1.807, 2.05) is 6.92 Å². The van der Waals surface area contributed by atoms with Gasteiger partial charge in [-0.15, -0.1) is 0 Å². The highest BCUT2D eigenvalue weighted by Crippen LogP contribution is 2.25. The summed E-state index contributed by atoms with van der Waals surface area (Å²) in [4.78, 5) is 30.5. The Hall–Kier alpha value is -2.34. The Labute approximate surface area is 131 Å². The zero-order chi connectivity index (χ0) is 15.7. The smallest absolute Gasteiger partial charge is 0.316 e. The molecular formula is C15H15ClN4O2. The number of nitrogens with one attached hydrogen (secondary N) is 1. The average molecular weight is 319 g/mol. The number of fused-ring (bicyclic) bond motifs is 1. The topological polar surface area (TPSA) is 72.7 Å². The molecule has 0 amide bonds. The second-order valence-electron chi connectivity index (χ2n) is 5.06. The molecule has 3 aromatic rings. The number of benzene rings is 1. The van der Waals surface area contributed by atoms with Crippen LogP contribution in [0, 0.1) is 0 Å². The van der Waals surface area contributed by atoms with Crippen molar-refractivity contribution in [1.29, 1.82) is 0 Å². The normalized spacial score (nSPS) is 11.2. The van der Waals surface area contributed by atoms with Gasteiger partial charge in [-0.1, -0.05) is 24.9 Å². The summed E-state index contributed by atoms with van der Waals surface area (Å²) in [5, 5.41) is 0.474. The van der Waals surface area contributed by atoms with Gasteiger partial charge in [0.05, 0.1) is 28.1 Å². The standard InChI is InChI=1S/C15H15ClN4O2/c1-2-3-5-20-13-8-12(19-6-4-17-9-19)10(16)7-11(13)18-14(21)15(20)22/h4,6-9H,2-3,5H2,1H3,(H,18,21). The summed E-state index contributed by atoms with van der Waals surface area (Å²) in [6.07, 6.45) is 6.81. The summed E-state index contributed by atoms with van der Waals surface area (Å²) in [5.74, 6) is 0. The van der Waals surface area contributed by atoms with Crippen molar-refractivity contribution in [2.24, 2.45) is 0 Å². The minimum Gasteiger partial charge on any atom is -0.316 e. The molecule has 0 atom stereocenters. The lowest BCUT2D eigenvalue weighted by molar-refractivity contribution is 0.625. The molecule has 6 nitrogen and oxygen atoms in total. The fourth-order valence-corrected chi connectivity index (χ4v) is 2.68. The summed E-state index contributed by atoms with van der Waals surface area (Å²) in [6.45, 7) is 2.54. The van der Waals surface area contributed by atoms with Gasteiger partial charge in [-0.2, -0.15) is 0 Å². The van der Waals surface area contributed by atoms with Crippen LogP contribution in [0.4, 0.5) is 0 Å². The van der Waals surface area contributed by atoms with Crippen LogP contribution in [0.2, 0.25) is 5.02 Å². The molecule has 0 aliphatic heterocycles. The quantitative estimate of drug-likeness (QED) is 0.750. The van der Waals surface area contributed by atoms with Gasteiger partial charge in [0.2, 0.25) is 0 Å². The molecule has 0 unspecified atom stereocenters. The molecule has 0 bridgehead atoms. The molecule has 7 heteroatoms. The van der Waals surface area contributed by atoms with E-state index in [9.17, 15) is 9.59 Å². The van der Waals surface area contributed by atoms with Gasteiger partial charge in [-0.25, -0.2) is 4.98 Å². The third-order valence-corrected chi connectivity index (χ3v) is 3.86. The number of aryl methyl sites for hydroxylation is 1. The lowest BCUT2D eigenvalue weighted by Crippen LogP contribution is -2.36. The Morgan fingerprint density at radius 2 is 2.14 bits per heavy atom. The first-order chi connectivity index (χ1) is 10.6. The molecule has 0 radical (unpaired) electrons. The molecule has 2 heterocycles. The zero-order valence-electron chi connectivity index (χ0n) is 12.0. The van der Waals surface area contributed by atoms with Gasteiger partial charge in [0.15, 0.2) is 0 Å². The van der Waals surface area contributed by atoms with E-state index in [0.717, 1.165) is 12.8 Å². The molecule has 0 aliphatic carbocycles. The number of hydrogen-bond acceptors (Lipinski definition) is 3. The van der Waals surface area contributed by atoms with Crippen LogP contribution in [0.25, 0.3) is 16.7 Å². The van der Waals surface area contributed by atoms with Crippen molar-refractivity contribution in [3.8, 4) is 5.69 Å². The van der Waals surface area contributed by atoms with Gasteiger partial charge in [0.25, 0.3) is 0 Å². The minimum absolute atomic E-state index is 0.474. The van der Waals surface area contributed by atoms with Crippen LogP contribution in [-0.2, 0) is 6.54 Å². The van der Waals surface area contributed by atoms with E-state index in [2.05, 4.69) is 9.97 Å². The Balaban J connectivity index is 2.31. The van der Waals surface area contributed by atoms with E-state index in [1.54, 1.807) is 35.4 Å². The van der Waals surface area contributed by atoms with E-state index in [-0.39, 0.29) is 0 Å². The van der Waals surface area contributed by atoms with Gasteiger partial charge < -0.3 is 14.1 Å². The first-order valence-corrected chi connectivity index (χ1v) is 7.44. The van der Waals surface area contributed by atoms with Crippen molar-refractivity contribution in [1.82, 2.24) is 19.1 Å². The first kappa shape index (κ1) is 14.6. The Bertz CT molecular complexity index is 925. The van der Waals surface area contributed by atoms with E-state index in [1.165, 1.54) is 4.57 Å². The number of unbranched alkanes of at least 4 members (excludes halogenated alkanes) is 1. The van der Waals surface area contributed by atoms with Crippen LogP contribution in [0.1, 0.15) is 19.8 Å². The van der Waals surface area contributed by atoms with Gasteiger partial charge in [-0.3, -0.25) is 9.59 Å². The lowest BCUT2D eigenvalue weighted by Gasteiger charge is -2.12. The van der Waals surface area contributed by atoms with E-state index >= 15 is 0 Å². The highest BCUT2D eigenvalue weighted by molar-refractivity contribution is 6.33. The minimum atomic E-state index is -0.630. The van der Waals surface area contributed by atoms with Crippen LogP contribution >= 0.6 is 11.6 Å². The van der Waals surface area contributed by atoms with Crippen molar-refractivity contribution in [2.75, 3.05) is 0 Å². The van der Waals surface area contributed by atoms with Gasteiger partial charge in [-0.05, 0) is 18.6 Å². The molecule has 114 valence electrons. The fourth-order valence-electron chi connectivity index (χ4n) is 2.42. The maximum Gasteiger partial charge on any atom is 0.316 e. The van der Waals surface area contributed by atoms with E-state index < -0.39 is 11.1 Å². The molecule has 0 fully saturated rings. The van der Waals surface area contributed by atoms with Gasteiger partial charge in [0, 0.05) is 18.9 Å².